The van der Waals surface area contributed by atoms with Crippen LogP contribution >= 0.6 is 0 Å². The molecule has 0 aliphatic carbocycles. The fraction of sp³-hybridized carbons (Fsp3) is 0.333. The number of amides is 1. The smallest absolute Gasteiger partial charge is 0.237 e. The van der Waals surface area contributed by atoms with Gasteiger partial charge in [-0.2, -0.15) is 0 Å². The maximum atomic E-state index is 13.2. The third-order valence-corrected chi connectivity index (χ3v) is 4.92. The minimum atomic E-state index is -0.623. The van der Waals surface area contributed by atoms with Crippen LogP contribution in [-0.2, 0) is 21.5 Å². The third kappa shape index (κ3) is 2.86. The van der Waals surface area contributed by atoms with Gasteiger partial charge in [0, 0.05) is 12.1 Å². The van der Waals surface area contributed by atoms with Gasteiger partial charge >= 0.3 is 0 Å². The number of anilines is 1. The zero-order valence-electron chi connectivity index (χ0n) is 14.5. The molecule has 0 radical (unpaired) electrons. The number of ketones is 1. The van der Waals surface area contributed by atoms with Crippen LogP contribution in [0.4, 0.5) is 5.69 Å². The van der Waals surface area contributed by atoms with E-state index in [1.807, 2.05) is 61.2 Å². The van der Waals surface area contributed by atoms with Crippen molar-refractivity contribution in [3.63, 3.8) is 0 Å². The molecule has 2 aromatic rings. The van der Waals surface area contributed by atoms with Crippen LogP contribution in [0.2, 0.25) is 0 Å². The van der Waals surface area contributed by atoms with Crippen molar-refractivity contribution in [3.05, 3.63) is 65.2 Å². The Bertz CT molecular complexity index is 782. The van der Waals surface area contributed by atoms with Crippen molar-refractivity contribution in [1.82, 2.24) is 0 Å². The van der Waals surface area contributed by atoms with E-state index in [0.717, 1.165) is 22.4 Å². The Morgan fingerprint density at radius 3 is 2.50 bits per heavy atom. The number of carbonyl (C=O) groups is 2. The van der Waals surface area contributed by atoms with E-state index in [4.69, 9.17) is 0 Å². The number of carbonyl (C=O) groups excluding carboxylic acids is 2. The molecule has 0 bridgehead atoms. The van der Waals surface area contributed by atoms with Gasteiger partial charge in [0.25, 0.3) is 0 Å². The lowest BCUT2D eigenvalue weighted by Gasteiger charge is -2.24. The number of rotatable bonds is 5. The Morgan fingerprint density at radius 1 is 1.12 bits per heavy atom. The lowest BCUT2D eigenvalue weighted by Crippen LogP contribution is -2.38. The highest BCUT2D eigenvalue weighted by atomic mass is 16.2. The molecular weight excluding hydrogens is 298 g/mol. The first-order chi connectivity index (χ1) is 11.4. The Labute approximate surface area is 143 Å². The zero-order chi connectivity index (χ0) is 17.3. The number of benzene rings is 2. The molecule has 1 aliphatic heterocycles. The lowest BCUT2D eigenvalue weighted by molar-refractivity contribution is -0.123. The number of hydrogen-bond donors (Lipinski definition) is 0. The quantitative estimate of drug-likeness (QED) is 0.829. The molecule has 1 atom stereocenters. The van der Waals surface area contributed by atoms with E-state index in [1.54, 1.807) is 6.92 Å². The molecule has 3 heteroatoms. The molecule has 0 spiro atoms. The predicted molar refractivity (Wildman–Crippen MR) is 96.1 cm³/mol. The number of fused-ring (bicyclic) bond motifs is 1. The van der Waals surface area contributed by atoms with Gasteiger partial charge < -0.3 is 9.69 Å². The summed E-state index contributed by atoms with van der Waals surface area (Å²) >= 11 is 0. The highest BCUT2D eigenvalue weighted by molar-refractivity contribution is 6.08. The number of Topliss-reactive ketones (excluding diaryl/α,β-unsaturated/α-hetero) is 1. The standard InChI is InChI=1S/C21H23NO2/c1-15-9-10-19-18(13-15)21(3,12-11-16(2)23)20(24)22(19)14-17-7-5-4-6-8-17/h4-10,13H,11-12,14H2,1-3H3. The fourth-order valence-corrected chi connectivity index (χ4v) is 3.44. The van der Waals surface area contributed by atoms with Gasteiger partial charge in [0.1, 0.15) is 5.78 Å². The van der Waals surface area contributed by atoms with Crippen LogP contribution in [0.3, 0.4) is 0 Å². The monoisotopic (exact) mass is 321 g/mol. The van der Waals surface area contributed by atoms with E-state index in [0.29, 0.717) is 19.4 Å². The molecule has 1 aliphatic rings. The van der Waals surface area contributed by atoms with E-state index in [9.17, 15) is 9.59 Å². The van der Waals surface area contributed by atoms with E-state index < -0.39 is 5.41 Å². The molecule has 124 valence electrons. The molecule has 24 heavy (non-hydrogen) atoms. The average Bonchev–Trinajstić information content (AvgIpc) is 2.76. The summed E-state index contributed by atoms with van der Waals surface area (Å²) < 4.78 is 0. The highest BCUT2D eigenvalue weighted by Crippen LogP contribution is 2.45. The molecule has 1 amide bonds. The predicted octanol–water partition coefficient (Wildman–Crippen LogP) is 4.17. The topological polar surface area (TPSA) is 37.4 Å². The molecule has 3 rings (SSSR count). The Balaban J connectivity index is 2.00. The highest BCUT2D eigenvalue weighted by Gasteiger charge is 2.46. The maximum absolute atomic E-state index is 13.2. The molecule has 0 N–H and O–H groups in total. The molecule has 0 saturated heterocycles. The molecule has 1 heterocycles. The summed E-state index contributed by atoms with van der Waals surface area (Å²) in [6.07, 6.45) is 0.984. The van der Waals surface area contributed by atoms with Crippen molar-refractivity contribution in [2.24, 2.45) is 0 Å². The van der Waals surface area contributed by atoms with Gasteiger partial charge in [0.05, 0.1) is 12.0 Å². The first-order valence-corrected chi connectivity index (χ1v) is 8.38. The van der Waals surface area contributed by atoms with Crippen LogP contribution in [0, 0.1) is 6.92 Å². The van der Waals surface area contributed by atoms with Crippen LogP contribution in [0.15, 0.2) is 48.5 Å². The van der Waals surface area contributed by atoms with Crippen molar-refractivity contribution in [2.45, 2.75) is 45.6 Å². The molecule has 3 nitrogen and oxygen atoms in total. The number of hydrogen-bond acceptors (Lipinski definition) is 2. The van der Waals surface area contributed by atoms with E-state index in [2.05, 4.69) is 6.07 Å². The van der Waals surface area contributed by atoms with Gasteiger partial charge in [-0.05, 0) is 44.4 Å². The summed E-state index contributed by atoms with van der Waals surface area (Å²) in [5.74, 6) is 0.216. The fourth-order valence-electron chi connectivity index (χ4n) is 3.44. The summed E-state index contributed by atoms with van der Waals surface area (Å²) in [7, 11) is 0. The molecule has 2 aromatic carbocycles. The first kappa shape index (κ1) is 16.4. The van der Waals surface area contributed by atoms with Gasteiger partial charge in [0.15, 0.2) is 0 Å². The lowest BCUT2D eigenvalue weighted by atomic mass is 9.79. The molecular formula is C21H23NO2. The van der Waals surface area contributed by atoms with Crippen LogP contribution < -0.4 is 4.90 Å². The van der Waals surface area contributed by atoms with Gasteiger partial charge in [-0.15, -0.1) is 0 Å². The SMILES string of the molecule is CC(=O)CCC1(C)C(=O)N(Cc2ccccc2)c2ccc(C)cc21. The third-order valence-electron chi connectivity index (χ3n) is 4.92. The van der Waals surface area contributed by atoms with Crippen molar-refractivity contribution >= 4 is 17.4 Å². The van der Waals surface area contributed by atoms with Crippen LogP contribution in [0.1, 0.15) is 43.4 Å². The summed E-state index contributed by atoms with van der Waals surface area (Å²) in [5.41, 5.74) is 3.64. The van der Waals surface area contributed by atoms with Crippen molar-refractivity contribution in [1.29, 1.82) is 0 Å². The summed E-state index contributed by atoms with van der Waals surface area (Å²) in [6.45, 7) is 6.16. The van der Waals surface area contributed by atoms with Crippen molar-refractivity contribution < 1.29 is 9.59 Å². The number of aryl methyl sites for hydroxylation is 1. The second kappa shape index (κ2) is 6.23. The molecule has 0 aromatic heterocycles. The summed E-state index contributed by atoms with van der Waals surface area (Å²) in [6, 6.07) is 16.2. The van der Waals surface area contributed by atoms with Gasteiger partial charge in [-0.25, -0.2) is 0 Å². The zero-order valence-corrected chi connectivity index (χ0v) is 14.5. The van der Waals surface area contributed by atoms with Gasteiger partial charge in [-0.3, -0.25) is 4.79 Å². The van der Waals surface area contributed by atoms with Crippen LogP contribution in [-0.4, -0.2) is 11.7 Å². The van der Waals surface area contributed by atoms with E-state index in [-0.39, 0.29) is 11.7 Å². The second-order valence-corrected chi connectivity index (χ2v) is 6.93. The second-order valence-electron chi connectivity index (χ2n) is 6.93. The molecule has 1 unspecified atom stereocenters. The minimum Gasteiger partial charge on any atom is -0.307 e. The molecule has 0 fully saturated rings. The normalized spacial score (nSPS) is 19.5. The Hall–Kier alpha value is -2.42. The van der Waals surface area contributed by atoms with E-state index >= 15 is 0 Å². The van der Waals surface area contributed by atoms with Gasteiger partial charge in [-0.1, -0.05) is 48.0 Å². The minimum absolute atomic E-state index is 0.0909. The van der Waals surface area contributed by atoms with E-state index in [1.165, 1.54) is 0 Å². The van der Waals surface area contributed by atoms with Gasteiger partial charge in [0.2, 0.25) is 5.91 Å². The maximum Gasteiger partial charge on any atom is 0.237 e. The van der Waals surface area contributed by atoms with Crippen molar-refractivity contribution in [2.75, 3.05) is 4.90 Å². The first-order valence-electron chi connectivity index (χ1n) is 8.38. The van der Waals surface area contributed by atoms with Crippen LogP contribution in [0.5, 0.6) is 0 Å². The van der Waals surface area contributed by atoms with Crippen LogP contribution in [0.25, 0.3) is 0 Å². The average molecular weight is 321 g/mol. The summed E-state index contributed by atoms with van der Waals surface area (Å²) in [4.78, 5) is 26.6. The Kier molecular flexibility index (Phi) is 4.27. The molecule has 0 saturated carbocycles. The summed E-state index contributed by atoms with van der Waals surface area (Å²) in [5, 5.41) is 0. The number of nitrogens with zero attached hydrogens (tertiary/aromatic N) is 1. The largest absolute Gasteiger partial charge is 0.307 e. The van der Waals surface area contributed by atoms with Crippen molar-refractivity contribution in [3.8, 4) is 0 Å². The Morgan fingerprint density at radius 2 is 1.83 bits per heavy atom.